The quantitative estimate of drug-likeness (QED) is 0.443. The molecule has 0 saturated heterocycles. The van der Waals surface area contributed by atoms with Crippen LogP contribution in [0, 0.1) is 29.6 Å². The summed E-state index contributed by atoms with van der Waals surface area (Å²) in [6.07, 6.45) is 22.7. The zero-order valence-electron chi connectivity index (χ0n) is 18.5. The number of benzene rings is 1. The summed E-state index contributed by atoms with van der Waals surface area (Å²) < 4.78 is 0. The summed E-state index contributed by atoms with van der Waals surface area (Å²) >= 11 is 0. The van der Waals surface area contributed by atoms with Crippen molar-refractivity contribution in [2.24, 2.45) is 29.6 Å². The number of fused-ring (bicyclic) bond motifs is 1. The Labute approximate surface area is 174 Å². The Morgan fingerprint density at radius 3 is 2.00 bits per heavy atom. The summed E-state index contributed by atoms with van der Waals surface area (Å²) in [5.41, 5.74) is 1.61. The van der Waals surface area contributed by atoms with Crippen LogP contribution in [0.5, 0.6) is 0 Å². The molecule has 1 aromatic carbocycles. The molecule has 4 atom stereocenters. The van der Waals surface area contributed by atoms with Crippen LogP contribution in [0.25, 0.3) is 0 Å². The Morgan fingerprint density at radius 1 is 0.643 bits per heavy atom. The van der Waals surface area contributed by atoms with E-state index in [0.29, 0.717) is 0 Å². The first-order valence-corrected chi connectivity index (χ1v) is 12.9. The van der Waals surface area contributed by atoms with Crippen molar-refractivity contribution in [2.45, 2.75) is 109 Å². The summed E-state index contributed by atoms with van der Waals surface area (Å²) in [6.45, 7) is 2.34. The highest BCUT2D eigenvalue weighted by atomic mass is 14.4. The lowest BCUT2D eigenvalue weighted by Crippen LogP contribution is -2.30. The van der Waals surface area contributed by atoms with Gasteiger partial charge in [-0.25, -0.2) is 0 Å². The summed E-state index contributed by atoms with van der Waals surface area (Å²) in [5, 5.41) is 0. The van der Waals surface area contributed by atoms with E-state index in [9.17, 15) is 0 Å². The third-order valence-electron chi connectivity index (χ3n) is 8.91. The molecule has 0 nitrogen and oxygen atoms in total. The summed E-state index contributed by atoms with van der Waals surface area (Å²) in [6, 6.07) is 11.4. The molecule has 0 radical (unpaired) electrons. The molecular weight excluding hydrogens is 336 g/mol. The minimum atomic E-state index is 0.849. The van der Waals surface area contributed by atoms with Crippen LogP contribution in [-0.4, -0.2) is 0 Å². The van der Waals surface area contributed by atoms with Crippen molar-refractivity contribution in [1.29, 1.82) is 0 Å². The van der Waals surface area contributed by atoms with Crippen LogP contribution in [0.3, 0.4) is 0 Å². The molecule has 0 bridgehead atoms. The fraction of sp³-hybridized carbons (Fsp3) is 0.786. The Morgan fingerprint density at radius 2 is 1.25 bits per heavy atom. The second kappa shape index (κ2) is 10.3. The van der Waals surface area contributed by atoms with Crippen LogP contribution >= 0.6 is 0 Å². The second-order valence-electron chi connectivity index (χ2n) is 10.7. The third kappa shape index (κ3) is 5.43. The number of hydrogen-bond donors (Lipinski definition) is 0. The maximum Gasteiger partial charge on any atom is -0.0159 e. The normalized spacial score (nSPS) is 36.0. The molecule has 3 aliphatic rings. The van der Waals surface area contributed by atoms with Crippen molar-refractivity contribution >= 4 is 0 Å². The van der Waals surface area contributed by atoms with E-state index < -0.39 is 0 Å². The summed E-state index contributed by atoms with van der Waals surface area (Å²) in [5.74, 6) is 6.15. The Kier molecular flexibility index (Phi) is 7.54. The maximum atomic E-state index is 2.37. The van der Waals surface area contributed by atoms with Gasteiger partial charge in [-0.15, -0.1) is 0 Å². The highest BCUT2D eigenvalue weighted by molar-refractivity contribution is 5.20. The van der Waals surface area contributed by atoms with E-state index in [-0.39, 0.29) is 0 Å². The SMILES string of the molecule is CCCCC1CCC(CCC2CCC3CC(c4ccccc4)CCC3C2)CC1. The Hall–Kier alpha value is -0.780. The van der Waals surface area contributed by atoms with Crippen molar-refractivity contribution in [2.75, 3.05) is 0 Å². The van der Waals surface area contributed by atoms with E-state index in [1.165, 1.54) is 51.4 Å². The molecule has 156 valence electrons. The molecule has 0 aliphatic heterocycles. The van der Waals surface area contributed by atoms with Crippen LogP contribution in [0.1, 0.15) is 115 Å². The standard InChI is InChI=1S/C28H44/c1-2-3-7-22-10-12-23(13-11-22)14-15-24-16-17-28-21-27(19-18-26(28)20-24)25-8-5-4-6-9-25/h4-6,8-9,22-24,26-28H,2-3,7,10-21H2,1H3. The third-order valence-corrected chi connectivity index (χ3v) is 8.91. The molecule has 0 spiro atoms. The van der Waals surface area contributed by atoms with Crippen LogP contribution < -0.4 is 0 Å². The lowest BCUT2D eigenvalue weighted by Gasteiger charge is -2.42. The van der Waals surface area contributed by atoms with E-state index in [1.807, 2.05) is 0 Å². The molecule has 3 aliphatic carbocycles. The summed E-state index contributed by atoms with van der Waals surface area (Å²) in [7, 11) is 0. The predicted molar refractivity (Wildman–Crippen MR) is 122 cm³/mol. The van der Waals surface area contributed by atoms with Gasteiger partial charge in [0.2, 0.25) is 0 Å². The lowest BCUT2D eigenvalue weighted by atomic mass is 9.63. The van der Waals surface area contributed by atoms with E-state index in [1.54, 1.807) is 50.5 Å². The van der Waals surface area contributed by atoms with Gasteiger partial charge < -0.3 is 0 Å². The van der Waals surface area contributed by atoms with E-state index in [2.05, 4.69) is 37.3 Å². The number of unbranched alkanes of at least 4 members (excludes halogenated alkanes) is 1. The average molecular weight is 381 g/mol. The number of hydrogen-bond acceptors (Lipinski definition) is 0. The van der Waals surface area contributed by atoms with E-state index >= 15 is 0 Å². The number of rotatable bonds is 7. The summed E-state index contributed by atoms with van der Waals surface area (Å²) in [4.78, 5) is 0. The maximum absolute atomic E-state index is 2.37. The smallest absolute Gasteiger partial charge is 0.0159 e. The molecule has 28 heavy (non-hydrogen) atoms. The van der Waals surface area contributed by atoms with Crippen molar-refractivity contribution in [3.05, 3.63) is 35.9 Å². The van der Waals surface area contributed by atoms with Gasteiger partial charge in [-0.3, -0.25) is 0 Å². The van der Waals surface area contributed by atoms with Crippen molar-refractivity contribution in [1.82, 2.24) is 0 Å². The molecule has 1 aromatic rings. The molecule has 4 rings (SSSR count). The van der Waals surface area contributed by atoms with Gasteiger partial charge in [0.1, 0.15) is 0 Å². The monoisotopic (exact) mass is 380 g/mol. The van der Waals surface area contributed by atoms with Crippen LogP contribution in [0.4, 0.5) is 0 Å². The predicted octanol–water partition coefficient (Wildman–Crippen LogP) is 8.76. The molecule has 0 aromatic heterocycles. The van der Waals surface area contributed by atoms with Gasteiger partial charge in [-0.05, 0) is 73.2 Å². The first kappa shape index (κ1) is 20.5. The highest BCUT2D eigenvalue weighted by Gasteiger charge is 2.36. The van der Waals surface area contributed by atoms with Gasteiger partial charge in [0, 0.05) is 0 Å². The van der Waals surface area contributed by atoms with Crippen molar-refractivity contribution < 1.29 is 0 Å². The Bertz CT molecular complexity index is 553. The second-order valence-corrected chi connectivity index (χ2v) is 10.7. The largest absolute Gasteiger partial charge is 0.0654 e. The molecular formula is C28H44. The zero-order valence-corrected chi connectivity index (χ0v) is 18.5. The minimum Gasteiger partial charge on any atom is -0.0654 e. The first-order valence-electron chi connectivity index (χ1n) is 12.9. The van der Waals surface area contributed by atoms with Crippen molar-refractivity contribution in [3.8, 4) is 0 Å². The highest BCUT2D eigenvalue weighted by Crippen LogP contribution is 2.48. The van der Waals surface area contributed by atoms with E-state index in [4.69, 9.17) is 0 Å². The van der Waals surface area contributed by atoms with Crippen LogP contribution in [0.15, 0.2) is 30.3 Å². The molecule has 0 N–H and O–H groups in total. The zero-order chi connectivity index (χ0) is 19.2. The van der Waals surface area contributed by atoms with Gasteiger partial charge in [-0.1, -0.05) is 101 Å². The topological polar surface area (TPSA) is 0 Å². The van der Waals surface area contributed by atoms with Gasteiger partial charge >= 0.3 is 0 Å². The molecule has 3 fully saturated rings. The lowest BCUT2D eigenvalue weighted by molar-refractivity contribution is 0.108. The fourth-order valence-corrected chi connectivity index (χ4v) is 7.05. The minimum absolute atomic E-state index is 0.849. The first-order chi connectivity index (χ1) is 13.8. The van der Waals surface area contributed by atoms with Gasteiger partial charge in [0.15, 0.2) is 0 Å². The molecule has 3 saturated carbocycles. The van der Waals surface area contributed by atoms with Crippen LogP contribution in [-0.2, 0) is 0 Å². The fourth-order valence-electron chi connectivity index (χ4n) is 7.05. The van der Waals surface area contributed by atoms with Crippen molar-refractivity contribution in [3.63, 3.8) is 0 Å². The molecule has 0 heterocycles. The van der Waals surface area contributed by atoms with E-state index in [0.717, 1.165) is 35.5 Å². The van der Waals surface area contributed by atoms with Crippen LogP contribution in [0.2, 0.25) is 0 Å². The average Bonchev–Trinajstić information content (AvgIpc) is 2.77. The molecule has 4 unspecified atom stereocenters. The molecule has 0 heteroatoms. The van der Waals surface area contributed by atoms with Gasteiger partial charge in [0.25, 0.3) is 0 Å². The van der Waals surface area contributed by atoms with Gasteiger partial charge in [-0.2, -0.15) is 0 Å². The Balaban J connectivity index is 1.17. The molecule has 0 amide bonds. The van der Waals surface area contributed by atoms with Gasteiger partial charge in [0.05, 0.1) is 0 Å².